The lowest BCUT2D eigenvalue weighted by Crippen LogP contribution is -2.20. The van der Waals surface area contributed by atoms with Gasteiger partial charge in [0.15, 0.2) is 11.0 Å². The number of aromatic nitrogens is 3. The zero-order valence-corrected chi connectivity index (χ0v) is 19.4. The predicted octanol–water partition coefficient (Wildman–Crippen LogP) is 4.63. The number of carbonyl (C=O) groups is 1. The van der Waals surface area contributed by atoms with Crippen molar-refractivity contribution in [3.8, 4) is 22.8 Å². The Labute approximate surface area is 200 Å². The summed E-state index contributed by atoms with van der Waals surface area (Å²) in [6, 6.07) is 21.7. The van der Waals surface area contributed by atoms with E-state index in [9.17, 15) is 9.18 Å². The van der Waals surface area contributed by atoms with Crippen LogP contribution in [-0.4, -0.2) is 39.7 Å². The number of hydrazone groups is 1. The largest absolute Gasteiger partial charge is 0.497 e. The van der Waals surface area contributed by atoms with Crippen LogP contribution in [-0.2, 0) is 4.79 Å². The first kappa shape index (κ1) is 23.2. The van der Waals surface area contributed by atoms with E-state index in [1.165, 1.54) is 24.0 Å². The van der Waals surface area contributed by atoms with E-state index < -0.39 is 5.82 Å². The van der Waals surface area contributed by atoms with E-state index in [4.69, 9.17) is 4.74 Å². The highest BCUT2D eigenvalue weighted by atomic mass is 32.2. The number of methoxy groups -OCH3 is 1. The molecule has 4 aromatic rings. The first-order valence-electron chi connectivity index (χ1n) is 10.4. The summed E-state index contributed by atoms with van der Waals surface area (Å²) in [5.41, 5.74) is 5.57. The van der Waals surface area contributed by atoms with Crippen molar-refractivity contribution in [1.82, 2.24) is 20.2 Å². The molecule has 7 nitrogen and oxygen atoms in total. The molecule has 0 radical (unpaired) electrons. The van der Waals surface area contributed by atoms with E-state index in [2.05, 4.69) is 20.7 Å². The lowest BCUT2D eigenvalue weighted by molar-refractivity contribution is -0.118. The fourth-order valence-electron chi connectivity index (χ4n) is 3.13. The number of rotatable bonds is 8. The van der Waals surface area contributed by atoms with Crippen molar-refractivity contribution < 1.29 is 13.9 Å². The Balaban J connectivity index is 1.53. The Morgan fingerprint density at radius 2 is 1.82 bits per heavy atom. The van der Waals surface area contributed by atoms with Crippen LogP contribution < -0.4 is 10.2 Å². The average Bonchev–Trinajstić information content (AvgIpc) is 3.28. The molecule has 0 unspecified atom stereocenters. The van der Waals surface area contributed by atoms with Crippen LogP contribution in [0.4, 0.5) is 4.39 Å². The Kier molecular flexibility index (Phi) is 7.34. The predicted molar refractivity (Wildman–Crippen MR) is 131 cm³/mol. The van der Waals surface area contributed by atoms with Gasteiger partial charge in [0.25, 0.3) is 5.91 Å². The number of hydrogen-bond donors (Lipinski definition) is 1. The molecular formula is C25H22FN5O2S. The highest BCUT2D eigenvalue weighted by Gasteiger charge is 2.17. The van der Waals surface area contributed by atoms with Crippen molar-refractivity contribution in [2.45, 2.75) is 12.1 Å². The van der Waals surface area contributed by atoms with Gasteiger partial charge in [0.1, 0.15) is 11.6 Å². The van der Waals surface area contributed by atoms with Crippen LogP contribution in [0, 0.1) is 12.7 Å². The third-order valence-electron chi connectivity index (χ3n) is 4.90. The second-order valence-corrected chi connectivity index (χ2v) is 8.25. The van der Waals surface area contributed by atoms with E-state index >= 15 is 0 Å². The number of nitrogens with zero attached hydrogens (tertiary/aromatic N) is 4. The van der Waals surface area contributed by atoms with E-state index in [1.807, 2.05) is 60.0 Å². The second kappa shape index (κ2) is 10.8. The molecule has 3 aromatic carbocycles. The van der Waals surface area contributed by atoms with Gasteiger partial charge < -0.3 is 4.74 Å². The Hall–Kier alpha value is -3.98. The standard InChI is InChI=1S/C25H22FN5O2S/c1-17-7-11-20(12-8-17)31-24(18-9-13-21(33-2)14-10-18)29-30-25(31)34-16-23(32)28-27-15-19-5-3-4-6-22(19)26/h3-15H,16H2,1-2H3,(H,28,32)/b27-15+. The molecule has 1 heterocycles. The van der Waals surface area contributed by atoms with Crippen LogP contribution in [0.3, 0.4) is 0 Å². The Morgan fingerprint density at radius 3 is 2.53 bits per heavy atom. The molecule has 1 N–H and O–H groups in total. The van der Waals surface area contributed by atoms with Gasteiger partial charge in [-0.25, -0.2) is 9.82 Å². The van der Waals surface area contributed by atoms with Crippen LogP contribution in [0.25, 0.3) is 17.1 Å². The number of nitrogens with one attached hydrogen (secondary N) is 1. The molecule has 9 heteroatoms. The van der Waals surface area contributed by atoms with Gasteiger partial charge in [0, 0.05) is 16.8 Å². The maximum absolute atomic E-state index is 13.7. The number of aryl methyl sites for hydroxylation is 1. The normalized spacial score (nSPS) is 11.0. The number of amides is 1. The van der Waals surface area contributed by atoms with Gasteiger partial charge in [0.2, 0.25) is 0 Å². The fraction of sp³-hybridized carbons (Fsp3) is 0.120. The van der Waals surface area contributed by atoms with E-state index in [-0.39, 0.29) is 11.7 Å². The van der Waals surface area contributed by atoms with Crippen LogP contribution in [0.1, 0.15) is 11.1 Å². The summed E-state index contributed by atoms with van der Waals surface area (Å²) in [5.74, 6) is 0.690. The summed E-state index contributed by atoms with van der Waals surface area (Å²) in [7, 11) is 1.62. The Morgan fingerprint density at radius 1 is 1.09 bits per heavy atom. The highest BCUT2D eigenvalue weighted by Crippen LogP contribution is 2.29. The molecule has 1 aromatic heterocycles. The van der Waals surface area contributed by atoms with Crippen LogP contribution >= 0.6 is 11.8 Å². The summed E-state index contributed by atoms with van der Waals surface area (Å²) in [6.45, 7) is 2.02. The molecule has 0 atom stereocenters. The lowest BCUT2D eigenvalue weighted by Gasteiger charge is -2.11. The van der Waals surface area contributed by atoms with Crippen LogP contribution in [0.2, 0.25) is 0 Å². The van der Waals surface area contributed by atoms with E-state index in [1.54, 1.807) is 25.3 Å². The summed E-state index contributed by atoms with van der Waals surface area (Å²) in [4.78, 5) is 12.3. The van der Waals surface area contributed by atoms with Crippen molar-refractivity contribution >= 4 is 23.9 Å². The van der Waals surface area contributed by atoms with Crippen molar-refractivity contribution in [3.05, 3.63) is 89.7 Å². The molecule has 0 bridgehead atoms. The van der Waals surface area contributed by atoms with Crippen LogP contribution in [0.5, 0.6) is 5.75 Å². The zero-order valence-electron chi connectivity index (χ0n) is 18.6. The summed E-state index contributed by atoms with van der Waals surface area (Å²) >= 11 is 1.23. The van der Waals surface area contributed by atoms with Crippen molar-refractivity contribution in [2.75, 3.05) is 12.9 Å². The fourth-order valence-corrected chi connectivity index (χ4v) is 3.88. The van der Waals surface area contributed by atoms with E-state index in [0.717, 1.165) is 22.6 Å². The molecule has 0 aliphatic rings. The van der Waals surface area contributed by atoms with Crippen LogP contribution in [0.15, 0.2) is 83.1 Å². The SMILES string of the molecule is COc1ccc(-c2nnc(SCC(=O)N/N=C/c3ccccc3F)n2-c2ccc(C)cc2)cc1. The van der Waals surface area contributed by atoms with Gasteiger partial charge in [-0.15, -0.1) is 10.2 Å². The Bertz CT molecular complexity index is 1300. The zero-order chi connectivity index (χ0) is 23.9. The smallest absolute Gasteiger partial charge is 0.250 e. The first-order valence-corrected chi connectivity index (χ1v) is 11.4. The van der Waals surface area contributed by atoms with E-state index in [0.29, 0.717) is 16.5 Å². The van der Waals surface area contributed by atoms with Gasteiger partial charge in [-0.05, 0) is 49.4 Å². The molecule has 0 saturated heterocycles. The summed E-state index contributed by atoms with van der Waals surface area (Å²) < 4.78 is 20.8. The third-order valence-corrected chi connectivity index (χ3v) is 5.83. The number of halogens is 1. The maximum Gasteiger partial charge on any atom is 0.250 e. The molecule has 0 aliphatic carbocycles. The first-order chi connectivity index (χ1) is 16.5. The molecule has 1 amide bonds. The number of ether oxygens (including phenoxy) is 1. The molecule has 172 valence electrons. The number of hydrogen-bond acceptors (Lipinski definition) is 6. The van der Waals surface area contributed by atoms with Crippen molar-refractivity contribution in [2.24, 2.45) is 5.10 Å². The van der Waals surface area contributed by atoms with Gasteiger partial charge >= 0.3 is 0 Å². The minimum absolute atomic E-state index is 0.0568. The summed E-state index contributed by atoms with van der Waals surface area (Å²) in [5, 5.41) is 13.1. The molecule has 34 heavy (non-hydrogen) atoms. The lowest BCUT2D eigenvalue weighted by atomic mass is 10.2. The van der Waals surface area contributed by atoms with Crippen molar-refractivity contribution in [1.29, 1.82) is 0 Å². The van der Waals surface area contributed by atoms with Gasteiger partial charge in [-0.2, -0.15) is 5.10 Å². The molecule has 0 fully saturated rings. The molecule has 4 rings (SSSR count). The second-order valence-electron chi connectivity index (χ2n) is 7.31. The van der Waals surface area contributed by atoms with Crippen molar-refractivity contribution in [3.63, 3.8) is 0 Å². The molecule has 0 spiro atoms. The van der Waals surface area contributed by atoms with Gasteiger partial charge in [0.05, 0.1) is 19.1 Å². The molecular weight excluding hydrogens is 453 g/mol. The highest BCUT2D eigenvalue weighted by molar-refractivity contribution is 7.99. The monoisotopic (exact) mass is 475 g/mol. The van der Waals surface area contributed by atoms with Gasteiger partial charge in [-0.3, -0.25) is 9.36 Å². The average molecular weight is 476 g/mol. The molecule has 0 saturated carbocycles. The molecule has 0 aliphatic heterocycles. The topological polar surface area (TPSA) is 81.4 Å². The summed E-state index contributed by atoms with van der Waals surface area (Å²) in [6.07, 6.45) is 1.27. The number of carbonyl (C=O) groups excluding carboxylic acids is 1. The number of benzene rings is 3. The minimum Gasteiger partial charge on any atom is -0.497 e. The van der Waals surface area contributed by atoms with Gasteiger partial charge in [-0.1, -0.05) is 47.7 Å². The third kappa shape index (κ3) is 5.49. The maximum atomic E-state index is 13.7. The number of thioether (sulfide) groups is 1. The minimum atomic E-state index is -0.410. The quantitative estimate of drug-likeness (QED) is 0.228.